The van der Waals surface area contributed by atoms with Crippen molar-refractivity contribution in [1.82, 2.24) is 10.6 Å². The van der Waals surface area contributed by atoms with Crippen molar-refractivity contribution in [1.29, 1.82) is 0 Å². The first kappa shape index (κ1) is 14.9. The third-order valence-electron chi connectivity index (χ3n) is 3.40. The Morgan fingerprint density at radius 3 is 2.60 bits per heavy atom. The van der Waals surface area contributed by atoms with Crippen molar-refractivity contribution in [3.63, 3.8) is 0 Å². The summed E-state index contributed by atoms with van der Waals surface area (Å²) in [6.45, 7) is 7.33. The number of amides is 1. The van der Waals surface area contributed by atoms with Gasteiger partial charge in [-0.25, -0.2) is 4.79 Å². The van der Waals surface area contributed by atoms with Gasteiger partial charge >= 0.3 is 6.09 Å². The molecular weight excluding hydrogens is 252 g/mol. The van der Waals surface area contributed by atoms with Gasteiger partial charge in [-0.3, -0.25) is 0 Å². The molecule has 1 atom stereocenters. The number of nitrogens with one attached hydrogen (secondary N) is 2. The largest absolute Gasteiger partial charge is 0.444 e. The summed E-state index contributed by atoms with van der Waals surface area (Å²) in [5.74, 6) is 0. The number of rotatable bonds is 3. The predicted molar refractivity (Wildman–Crippen MR) is 79.7 cm³/mol. The summed E-state index contributed by atoms with van der Waals surface area (Å²) in [6.07, 6.45) is 1.40. The summed E-state index contributed by atoms with van der Waals surface area (Å²) in [4.78, 5) is 12.0. The van der Waals surface area contributed by atoms with E-state index in [1.807, 2.05) is 39.0 Å². The van der Waals surface area contributed by atoms with Gasteiger partial charge in [0.25, 0.3) is 0 Å². The van der Waals surface area contributed by atoms with Gasteiger partial charge in [0.2, 0.25) is 0 Å². The van der Waals surface area contributed by atoms with Gasteiger partial charge in [0, 0.05) is 6.54 Å². The lowest BCUT2D eigenvalue weighted by Gasteiger charge is -2.31. The second-order valence-electron chi connectivity index (χ2n) is 6.50. The van der Waals surface area contributed by atoms with Crippen LogP contribution in [0.25, 0.3) is 0 Å². The van der Waals surface area contributed by atoms with Gasteiger partial charge in [0.1, 0.15) is 5.60 Å². The van der Waals surface area contributed by atoms with E-state index in [9.17, 15) is 4.79 Å². The number of carbonyl (C=O) groups excluding carboxylic acids is 1. The first-order valence-corrected chi connectivity index (χ1v) is 7.14. The maximum atomic E-state index is 12.0. The summed E-state index contributed by atoms with van der Waals surface area (Å²) < 4.78 is 5.38. The molecule has 0 aromatic heterocycles. The number of hydrogen-bond acceptors (Lipinski definition) is 3. The van der Waals surface area contributed by atoms with E-state index in [0.717, 1.165) is 25.9 Å². The molecule has 110 valence electrons. The van der Waals surface area contributed by atoms with Crippen LogP contribution in [0.2, 0.25) is 0 Å². The molecule has 0 bridgehead atoms. The van der Waals surface area contributed by atoms with Gasteiger partial charge in [-0.2, -0.15) is 0 Å². The molecule has 0 aliphatic carbocycles. The van der Waals surface area contributed by atoms with Gasteiger partial charge in [0.05, 0.1) is 5.54 Å². The zero-order chi connectivity index (χ0) is 14.6. The normalized spacial score (nSPS) is 22.6. The molecule has 0 saturated carbocycles. The molecule has 1 unspecified atom stereocenters. The molecule has 1 saturated heterocycles. The fraction of sp³-hybridized carbons (Fsp3) is 0.562. The number of hydrogen-bond donors (Lipinski definition) is 2. The van der Waals surface area contributed by atoms with Crippen LogP contribution in [0.15, 0.2) is 30.3 Å². The Bertz CT molecular complexity index is 445. The minimum Gasteiger partial charge on any atom is -0.444 e. The van der Waals surface area contributed by atoms with E-state index in [1.165, 1.54) is 5.56 Å². The molecule has 1 aliphatic heterocycles. The standard InChI is InChI=1S/C16H24N2O2/c1-15(2,3)20-14(19)18-16(9-10-17-12-16)11-13-7-5-4-6-8-13/h4-8,17H,9-12H2,1-3H3,(H,18,19). The van der Waals surface area contributed by atoms with Crippen molar-refractivity contribution in [2.24, 2.45) is 0 Å². The van der Waals surface area contributed by atoms with Crippen LogP contribution >= 0.6 is 0 Å². The van der Waals surface area contributed by atoms with E-state index in [-0.39, 0.29) is 11.6 Å². The fourth-order valence-corrected chi connectivity index (χ4v) is 2.55. The van der Waals surface area contributed by atoms with E-state index in [1.54, 1.807) is 0 Å². The lowest BCUT2D eigenvalue weighted by atomic mass is 9.90. The van der Waals surface area contributed by atoms with Crippen LogP contribution in [0.5, 0.6) is 0 Å². The molecular formula is C16H24N2O2. The van der Waals surface area contributed by atoms with Gasteiger partial charge in [-0.1, -0.05) is 30.3 Å². The smallest absolute Gasteiger partial charge is 0.408 e. The summed E-state index contributed by atoms with van der Waals surface area (Å²) >= 11 is 0. The van der Waals surface area contributed by atoms with Gasteiger partial charge in [-0.15, -0.1) is 0 Å². The average molecular weight is 276 g/mol. The van der Waals surface area contributed by atoms with Crippen molar-refractivity contribution in [2.75, 3.05) is 13.1 Å². The van der Waals surface area contributed by atoms with E-state index < -0.39 is 5.60 Å². The van der Waals surface area contributed by atoms with Crippen molar-refractivity contribution in [2.45, 2.75) is 44.8 Å². The van der Waals surface area contributed by atoms with Crippen LogP contribution in [-0.4, -0.2) is 30.3 Å². The first-order valence-electron chi connectivity index (χ1n) is 7.14. The highest BCUT2D eigenvalue weighted by Gasteiger charge is 2.36. The molecule has 1 amide bonds. The third-order valence-corrected chi connectivity index (χ3v) is 3.40. The minimum absolute atomic E-state index is 0.246. The van der Waals surface area contributed by atoms with Crippen LogP contribution < -0.4 is 10.6 Å². The maximum absolute atomic E-state index is 12.0. The van der Waals surface area contributed by atoms with Gasteiger partial charge in [0.15, 0.2) is 0 Å². The molecule has 4 heteroatoms. The van der Waals surface area contributed by atoms with Crippen LogP contribution in [0.3, 0.4) is 0 Å². The Balaban J connectivity index is 2.04. The Morgan fingerprint density at radius 2 is 2.05 bits per heavy atom. The minimum atomic E-state index is -0.468. The molecule has 20 heavy (non-hydrogen) atoms. The predicted octanol–water partition coefficient (Wildman–Crippen LogP) is 2.49. The summed E-state index contributed by atoms with van der Waals surface area (Å²) in [7, 11) is 0. The molecule has 1 fully saturated rings. The number of ether oxygens (including phenoxy) is 1. The van der Waals surface area contributed by atoms with Crippen molar-refractivity contribution < 1.29 is 9.53 Å². The highest BCUT2D eigenvalue weighted by molar-refractivity contribution is 5.69. The number of carbonyl (C=O) groups is 1. The number of benzene rings is 1. The molecule has 2 N–H and O–H groups in total. The maximum Gasteiger partial charge on any atom is 0.408 e. The molecule has 2 rings (SSSR count). The highest BCUT2D eigenvalue weighted by atomic mass is 16.6. The van der Waals surface area contributed by atoms with Gasteiger partial charge < -0.3 is 15.4 Å². The third kappa shape index (κ3) is 4.23. The Labute approximate surface area is 120 Å². The molecule has 4 nitrogen and oxygen atoms in total. The summed E-state index contributed by atoms with van der Waals surface area (Å²) in [5.41, 5.74) is 0.514. The number of alkyl carbamates (subject to hydrolysis) is 1. The lowest BCUT2D eigenvalue weighted by Crippen LogP contribution is -2.53. The Kier molecular flexibility index (Phi) is 4.33. The Hall–Kier alpha value is -1.55. The quantitative estimate of drug-likeness (QED) is 0.891. The lowest BCUT2D eigenvalue weighted by molar-refractivity contribution is 0.0463. The van der Waals surface area contributed by atoms with E-state index in [2.05, 4.69) is 22.8 Å². The van der Waals surface area contributed by atoms with E-state index in [0.29, 0.717) is 0 Å². The summed E-state index contributed by atoms with van der Waals surface area (Å²) in [5, 5.41) is 6.41. The molecule has 1 aromatic rings. The molecule has 0 radical (unpaired) electrons. The van der Waals surface area contributed by atoms with Gasteiger partial charge in [-0.05, 0) is 45.7 Å². The highest BCUT2D eigenvalue weighted by Crippen LogP contribution is 2.21. The zero-order valence-corrected chi connectivity index (χ0v) is 12.5. The SMILES string of the molecule is CC(C)(C)OC(=O)NC1(Cc2ccccc2)CCNC1. The topological polar surface area (TPSA) is 50.4 Å². The second-order valence-corrected chi connectivity index (χ2v) is 6.50. The van der Waals surface area contributed by atoms with Crippen LogP contribution in [-0.2, 0) is 11.2 Å². The zero-order valence-electron chi connectivity index (χ0n) is 12.5. The van der Waals surface area contributed by atoms with Crippen LogP contribution in [0, 0.1) is 0 Å². The van der Waals surface area contributed by atoms with E-state index in [4.69, 9.17) is 4.74 Å². The first-order chi connectivity index (χ1) is 9.39. The van der Waals surface area contributed by atoms with Crippen molar-refractivity contribution >= 4 is 6.09 Å². The second kappa shape index (κ2) is 5.83. The fourth-order valence-electron chi connectivity index (χ4n) is 2.55. The van der Waals surface area contributed by atoms with Crippen LogP contribution in [0.4, 0.5) is 4.79 Å². The van der Waals surface area contributed by atoms with Crippen molar-refractivity contribution in [3.05, 3.63) is 35.9 Å². The monoisotopic (exact) mass is 276 g/mol. The van der Waals surface area contributed by atoms with Crippen LogP contribution in [0.1, 0.15) is 32.8 Å². The molecule has 1 heterocycles. The molecule has 1 aliphatic rings. The van der Waals surface area contributed by atoms with E-state index >= 15 is 0 Å². The molecule has 1 aromatic carbocycles. The molecule has 0 spiro atoms. The summed E-state index contributed by atoms with van der Waals surface area (Å²) in [6, 6.07) is 10.2. The van der Waals surface area contributed by atoms with Crippen molar-refractivity contribution in [3.8, 4) is 0 Å². The average Bonchev–Trinajstić information content (AvgIpc) is 2.75. The Morgan fingerprint density at radius 1 is 1.35 bits per heavy atom.